The molecule has 1 aromatic heterocycles. The SMILES string of the molecule is ClC/C=C/c1occc1Br. The van der Waals surface area contributed by atoms with Gasteiger partial charge in [0.2, 0.25) is 0 Å². The summed E-state index contributed by atoms with van der Waals surface area (Å²) in [6.07, 6.45) is 5.28. The Labute approximate surface area is 72.8 Å². The van der Waals surface area contributed by atoms with Crippen molar-refractivity contribution in [1.82, 2.24) is 0 Å². The molecule has 0 unspecified atom stereocenters. The Balaban J connectivity index is 2.74. The van der Waals surface area contributed by atoms with Gasteiger partial charge < -0.3 is 4.42 Å². The summed E-state index contributed by atoms with van der Waals surface area (Å²) in [5.74, 6) is 1.31. The Morgan fingerprint density at radius 3 is 3.00 bits per heavy atom. The molecular formula is C7H6BrClO. The maximum Gasteiger partial charge on any atom is 0.140 e. The molecule has 0 radical (unpaired) electrons. The molecule has 0 atom stereocenters. The summed E-state index contributed by atoms with van der Waals surface area (Å²) in [5, 5.41) is 0. The predicted octanol–water partition coefficient (Wildman–Crippen LogP) is 3.29. The maximum absolute atomic E-state index is 5.43. The standard InChI is InChI=1S/C7H6BrClO/c8-6-3-5-10-7(6)2-1-4-9/h1-3,5H,4H2/b2-1+. The third-order valence-electron chi connectivity index (χ3n) is 1.00. The molecule has 0 saturated carbocycles. The number of alkyl halides is 1. The van der Waals surface area contributed by atoms with Gasteiger partial charge in [0.15, 0.2) is 0 Å². The zero-order chi connectivity index (χ0) is 7.40. The summed E-state index contributed by atoms with van der Waals surface area (Å²) >= 11 is 8.74. The highest BCUT2D eigenvalue weighted by molar-refractivity contribution is 9.10. The van der Waals surface area contributed by atoms with Crippen molar-refractivity contribution < 1.29 is 4.42 Å². The van der Waals surface area contributed by atoms with E-state index < -0.39 is 0 Å². The van der Waals surface area contributed by atoms with E-state index in [1.54, 1.807) is 6.26 Å². The third kappa shape index (κ3) is 1.89. The monoisotopic (exact) mass is 220 g/mol. The highest BCUT2D eigenvalue weighted by atomic mass is 79.9. The van der Waals surface area contributed by atoms with Crippen LogP contribution in [0, 0.1) is 0 Å². The molecule has 1 aromatic rings. The molecule has 0 aromatic carbocycles. The van der Waals surface area contributed by atoms with Crippen LogP contribution in [-0.2, 0) is 0 Å². The second-order valence-electron chi connectivity index (χ2n) is 1.69. The van der Waals surface area contributed by atoms with Crippen molar-refractivity contribution >= 4 is 33.6 Å². The van der Waals surface area contributed by atoms with Gasteiger partial charge in [-0.15, -0.1) is 11.6 Å². The van der Waals surface area contributed by atoms with Crippen LogP contribution in [0.2, 0.25) is 0 Å². The molecular weight excluding hydrogens is 215 g/mol. The van der Waals surface area contributed by atoms with Gasteiger partial charge in [0.05, 0.1) is 10.7 Å². The number of furan rings is 1. The van der Waals surface area contributed by atoms with Crippen molar-refractivity contribution in [3.8, 4) is 0 Å². The van der Waals surface area contributed by atoms with Crippen LogP contribution in [0.25, 0.3) is 6.08 Å². The molecule has 0 fully saturated rings. The predicted molar refractivity (Wildman–Crippen MR) is 46.2 cm³/mol. The zero-order valence-corrected chi connectivity index (χ0v) is 7.52. The minimum absolute atomic E-state index is 0.507. The molecule has 10 heavy (non-hydrogen) atoms. The van der Waals surface area contributed by atoms with Crippen LogP contribution in [0.3, 0.4) is 0 Å². The topological polar surface area (TPSA) is 13.1 Å². The van der Waals surface area contributed by atoms with E-state index in [1.807, 2.05) is 18.2 Å². The van der Waals surface area contributed by atoms with Crippen molar-refractivity contribution in [2.24, 2.45) is 0 Å². The maximum atomic E-state index is 5.43. The van der Waals surface area contributed by atoms with Crippen LogP contribution < -0.4 is 0 Å². The molecule has 1 rings (SSSR count). The number of halogens is 2. The summed E-state index contributed by atoms with van der Waals surface area (Å²) in [6.45, 7) is 0. The molecule has 1 heterocycles. The van der Waals surface area contributed by atoms with Gasteiger partial charge in [-0.3, -0.25) is 0 Å². The highest BCUT2D eigenvalue weighted by Gasteiger charge is 1.95. The van der Waals surface area contributed by atoms with E-state index in [2.05, 4.69) is 15.9 Å². The smallest absolute Gasteiger partial charge is 0.140 e. The number of hydrogen-bond donors (Lipinski definition) is 0. The van der Waals surface area contributed by atoms with Gasteiger partial charge in [0, 0.05) is 5.88 Å². The van der Waals surface area contributed by atoms with E-state index in [1.165, 1.54) is 0 Å². The fraction of sp³-hybridized carbons (Fsp3) is 0.143. The molecule has 0 bridgehead atoms. The van der Waals surface area contributed by atoms with E-state index >= 15 is 0 Å². The van der Waals surface area contributed by atoms with Crippen LogP contribution >= 0.6 is 27.5 Å². The first-order valence-corrected chi connectivity index (χ1v) is 4.13. The van der Waals surface area contributed by atoms with Crippen LogP contribution in [0.1, 0.15) is 5.76 Å². The lowest BCUT2D eigenvalue weighted by Gasteiger charge is -1.83. The number of allylic oxidation sites excluding steroid dienone is 1. The van der Waals surface area contributed by atoms with Crippen molar-refractivity contribution in [3.05, 3.63) is 28.6 Å². The summed E-state index contributed by atoms with van der Waals surface area (Å²) in [5.41, 5.74) is 0. The molecule has 0 N–H and O–H groups in total. The molecule has 0 amide bonds. The van der Waals surface area contributed by atoms with Crippen molar-refractivity contribution in [3.63, 3.8) is 0 Å². The lowest BCUT2D eigenvalue weighted by atomic mass is 10.4. The molecule has 1 nitrogen and oxygen atoms in total. The molecule has 3 heteroatoms. The second kappa shape index (κ2) is 3.84. The van der Waals surface area contributed by atoms with Gasteiger partial charge >= 0.3 is 0 Å². The van der Waals surface area contributed by atoms with Crippen LogP contribution in [-0.4, -0.2) is 5.88 Å². The van der Waals surface area contributed by atoms with Gasteiger partial charge in [-0.25, -0.2) is 0 Å². The Morgan fingerprint density at radius 2 is 2.50 bits per heavy atom. The first-order chi connectivity index (χ1) is 4.84. The van der Waals surface area contributed by atoms with Gasteiger partial charge in [-0.2, -0.15) is 0 Å². The van der Waals surface area contributed by atoms with E-state index in [0.717, 1.165) is 10.2 Å². The van der Waals surface area contributed by atoms with Gasteiger partial charge in [0.1, 0.15) is 5.76 Å². The summed E-state index contributed by atoms with van der Waals surface area (Å²) in [4.78, 5) is 0. The zero-order valence-electron chi connectivity index (χ0n) is 5.18. The van der Waals surface area contributed by atoms with Crippen molar-refractivity contribution in [1.29, 1.82) is 0 Å². The second-order valence-corrected chi connectivity index (χ2v) is 2.85. The Kier molecular flexibility index (Phi) is 3.03. The molecule has 0 aliphatic carbocycles. The van der Waals surface area contributed by atoms with E-state index in [0.29, 0.717) is 5.88 Å². The Morgan fingerprint density at radius 1 is 1.70 bits per heavy atom. The Bertz CT molecular complexity index is 229. The van der Waals surface area contributed by atoms with Crippen molar-refractivity contribution in [2.75, 3.05) is 5.88 Å². The molecule has 0 spiro atoms. The Hall–Kier alpha value is -0.210. The lowest BCUT2D eigenvalue weighted by molar-refractivity contribution is 0.555. The minimum atomic E-state index is 0.507. The van der Waals surface area contributed by atoms with E-state index in [-0.39, 0.29) is 0 Å². The van der Waals surface area contributed by atoms with Gasteiger partial charge in [-0.05, 0) is 28.1 Å². The fourth-order valence-corrected chi connectivity index (χ4v) is 0.999. The largest absolute Gasteiger partial charge is 0.464 e. The highest BCUT2D eigenvalue weighted by Crippen LogP contribution is 2.18. The number of hydrogen-bond acceptors (Lipinski definition) is 1. The lowest BCUT2D eigenvalue weighted by Crippen LogP contribution is -1.64. The van der Waals surface area contributed by atoms with Gasteiger partial charge in [0.25, 0.3) is 0 Å². The summed E-state index contributed by atoms with van der Waals surface area (Å²) in [7, 11) is 0. The van der Waals surface area contributed by atoms with Gasteiger partial charge in [-0.1, -0.05) is 6.08 Å². The normalized spacial score (nSPS) is 11.0. The third-order valence-corrected chi connectivity index (χ3v) is 1.84. The quantitative estimate of drug-likeness (QED) is 0.699. The average Bonchev–Trinajstić information content (AvgIpc) is 2.31. The van der Waals surface area contributed by atoms with Crippen LogP contribution in [0.5, 0.6) is 0 Å². The first-order valence-electron chi connectivity index (χ1n) is 2.80. The molecule has 54 valence electrons. The van der Waals surface area contributed by atoms with Crippen molar-refractivity contribution in [2.45, 2.75) is 0 Å². The summed E-state index contributed by atoms with van der Waals surface area (Å²) < 4.78 is 6.03. The fourth-order valence-electron chi connectivity index (χ4n) is 0.576. The van der Waals surface area contributed by atoms with Crippen LogP contribution in [0.4, 0.5) is 0 Å². The number of rotatable bonds is 2. The summed E-state index contributed by atoms with van der Waals surface area (Å²) in [6, 6.07) is 1.84. The molecule has 0 saturated heterocycles. The van der Waals surface area contributed by atoms with Crippen LogP contribution in [0.15, 0.2) is 27.3 Å². The molecule has 0 aliphatic rings. The molecule has 0 aliphatic heterocycles. The first kappa shape index (κ1) is 7.89. The average molecular weight is 221 g/mol. The van der Waals surface area contributed by atoms with E-state index in [4.69, 9.17) is 16.0 Å². The minimum Gasteiger partial charge on any atom is -0.464 e. The van der Waals surface area contributed by atoms with E-state index in [9.17, 15) is 0 Å².